The summed E-state index contributed by atoms with van der Waals surface area (Å²) >= 11 is 0. The largest absolute Gasteiger partial charge is 0.435 e. The van der Waals surface area contributed by atoms with Gasteiger partial charge < -0.3 is 8.92 Å². The molecule has 0 heterocycles. The molecule has 142 valence electrons. The van der Waals surface area contributed by atoms with Gasteiger partial charge in [0.2, 0.25) is 0 Å². The summed E-state index contributed by atoms with van der Waals surface area (Å²) in [7, 11) is -4.16. The van der Waals surface area contributed by atoms with E-state index in [1.807, 2.05) is 0 Å². The van der Waals surface area contributed by atoms with Gasteiger partial charge in [-0.15, -0.1) is 0 Å². The predicted molar refractivity (Wildman–Crippen MR) is 92.0 cm³/mol. The van der Waals surface area contributed by atoms with Crippen LogP contribution in [0.1, 0.15) is 17.5 Å². The van der Waals surface area contributed by atoms with Gasteiger partial charge in [-0.3, -0.25) is 10.1 Å². The Bertz CT molecular complexity index is 1020. The highest BCUT2D eigenvalue weighted by Gasteiger charge is 2.25. The topological polar surface area (TPSA) is 95.7 Å². The van der Waals surface area contributed by atoms with Gasteiger partial charge in [0.1, 0.15) is 11.5 Å². The van der Waals surface area contributed by atoms with Crippen molar-refractivity contribution < 1.29 is 31.0 Å². The van der Waals surface area contributed by atoms with Gasteiger partial charge in [0.05, 0.1) is 15.9 Å². The number of aryl methyl sites for hydroxylation is 1. The molecule has 0 aliphatic heterocycles. The van der Waals surface area contributed by atoms with Gasteiger partial charge >= 0.3 is 16.7 Å². The van der Waals surface area contributed by atoms with Gasteiger partial charge in [-0.25, -0.2) is 0 Å². The summed E-state index contributed by atoms with van der Waals surface area (Å²) < 4.78 is 58.8. The first kappa shape index (κ1) is 18.8. The Morgan fingerprint density at radius 2 is 1.85 bits per heavy atom. The molecule has 0 aromatic heterocycles. The van der Waals surface area contributed by atoms with Crippen LogP contribution in [0.5, 0.6) is 11.5 Å². The summed E-state index contributed by atoms with van der Waals surface area (Å²) in [5.74, 6) is -0.173. The summed E-state index contributed by atoms with van der Waals surface area (Å²) in [6, 6.07) is 9.09. The molecule has 0 saturated heterocycles. The Labute approximate surface area is 153 Å². The Morgan fingerprint density at radius 1 is 1.07 bits per heavy atom. The summed E-state index contributed by atoms with van der Waals surface area (Å²) in [5, 5.41) is 10.8. The molecule has 0 spiro atoms. The minimum Gasteiger partial charge on any atom is -0.435 e. The van der Waals surface area contributed by atoms with Crippen LogP contribution >= 0.6 is 0 Å². The number of rotatable bonds is 6. The van der Waals surface area contributed by atoms with Crippen LogP contribution in [0.2, 0.25) is 0 Å². The third-order valence-corrected chi connectivity index (χ3v) is 5.23. The highest BCUT2D eigenvalue weighted by Crippen LogP contribution is 2.32. The molecule has 0 saturated carbocycles. The number of benzene rings is 2. The Balaban J connectivity index is 1.84. The standard InChI is InChI=1S/C17H13F2NO6S/c18-17(19)25-14-6-4-12-9-16(7-5-11(12)8-14)27(23,24)26-15-3-1-2-13(10-15)20(21)22/h1-4,6,8-10,17H,5,7H2. The molecule has 0 atom stereocenters. The van der Waals surface area contributed by atoms with Crippen LogP contribution in [0, 0.1) is 10.1 Å². The van der Waals surface area contributed by atoms with E-state index < -0.39 is 21.7 Å². The predicted octanol–water partition coefficient (Wildman–Crippen LogP) is 3.89. The van der Waals surface area contributed by atoms with Crippen LogP contribution in [0.4, 0.5) is 14.5 Å². The van der Waals surface area contributed by atoms with Gasteiger partial charge in [0.25, 0.3) is 5.69 Å². The Morgan fingerprint density at radius 3 is 2.56 bits per heavy atom. The second-order valence-corrected chi connectivity index (χ2v) is 7.24. The van der Waals surface area contributed by atoms with Crippen LogP contribution in [0.15, 0.2) is 47.4 Å². The van der Waals surface area contributed by atoms with Crippen molar-refractivity contribution in [3.8, 4) is 11.5 Å². The highest BCUT2D eigenvalue weighted by atomic mass is 32.2. The molecule has 10 heteroatoms. The first-order valence-electron chi connectivity index (χ1n) is 7.72. The van der Waals surface area contributed by atoms with Gasteiger partial charge in [-0.05, 0) is 48.2 Å². The summed E-state index contributed by atoms with van der Waals surface area (Å²) in [6.07, 6.45) is 1.78. The van der Waals surface area contributed by atoms with E-state index in [9.17, 15) is 27.3 Å². The van der Waals surface area contributed by atoms with E-state index in [4.69, 9.17) is 4.18 Å². The molecule has 0 N–H and O–H groups in total. The van der Waals surface area contributed by atoms with E-state index in [0.717, 1.165) is 6.07 Å². The third-order valence-electron chi connectivity index (χ3n) is 3.85. The van der Waals surface area contributed by atoms with E-state index in [-0.39, 0.29) is 28.5 Å². The van der Waals surface area contributed by atoms with Crippen LogP contribution in [-0.4, -0.2) is 20.0 Å². The molecule has 0 fully saturated rings. The number of nitrogens with zero attached hydrogens (tertiary/aromatic N) is 1. The van der Waals surface area contributed by atoms with E-state index in [1.54, 1.807) is 0 Å². The van der Waals surface area contributed by atoms with Gasteiger partial charge in [0, 0.05) is 6.07 Å². The minimum absolute atomic E-state index is 0.00342. The molecule has 0 radical (unpaired) electrons. The minimum atomic E-state index is -4.16. The van der Waals surface area contributed by atoms with E-state index >= 15 is 0 Å². The zero-order valence-corrected chi connectivity index (χ0v) is 14.5. The molecule has 1 aliphatic carbocycles. The zero-order valence-electron chi connectivity index (χ0n) is 13.7. The number of hydrogen-bond donors (Lipinski definition) is 0. The average molecular weight is 397 g/mol. The maximum absolute atomic E-state index is 12.5. The first-order valence-corrected chi connectivity index (χ1v) is 9.13. The second kappa shape index (κ2) is 7.31. The summed E-state index contributed by atoms with van der Waals surface area (Å²) in [6.45, 7) is -2.94. The Hall–Kier alpha value is -3.01. The maximum atomic E-state index is 12.5. The number of non-ortho nitro benzene ring substituents is 1. The monoisotopic (exact) mass is 397 g/mol. The molecule has 0 unspecified atom stereocenters. The van der Waals surface area contributed by atoms with Crippen molar-refractivity contribution in [1.29, 1.82) is 0 Å². The van der Waals surface area contributed by atoms with Crippen LogP contribution in [-0.2, 0) is 16.5 Å². The van der Waals surface area contributed by atoms with E-state index in [2.05, 4.69) is 4.74 Å². The summed E-state index contributed by atoms with van der Waals surface area (Å²) in [4.78, 5) is 10.1. The number of ether oxygens (including phenoxy) is 1. The molecule has 0 amide bonds. The molecule has 0 bridgehead atoms. The number of fused-ring (bicyclic) bond motifs is 1. The van der Waals surface area contributed by atoms with Crippen molar-refractivity contribution in [2.45, 2.75) is 19.5 Å². The van der Waals surface area contributed by atoms with Crippen LogP contribution in [0.3, 0.4) is 0 Å². The first-order chi connectivity index (χ1) is 12.7. The van der Waals surface area contributed by atoms with Crippen LogP contribution < -0.4 is 8.92 Å². The van der Waals surface area contributed by atoms with Crippen molar-refractivity contribution >= 4 is 21.9 Å². The SMILES string of the molecule is O=[N+]([O-])c1cccc(OS(=O)(=O)C2=Cc3ccc(OC(F)F)cc3CC2)c1. The number of alkyl halides is 2. The van der Waals surface area contributed by atoms with Crippen molar-refractivity contribution in [2.75, 3.05) is 0 Å². The van der Waals surface area contributed by atoms with Crippen molar-refractivity contribution in [3.63, 3.8) is 0 Å². The quantitative estimate of drug-likeness (QED) is 0.417. The van der Waals surface area contributed by atoms with E-state index in [1.165, 1.54) is 42.5 Å². The number of hydrogen-bond acceptors (Lipinski definition) is 6. The fraction of sp³-hybridized carbons (Fsp3) is 0.176. The second-order valence-electron chi connectivity index (χ2n) is 5.64. The average Bonchev–Trinajstić information content (AvgIpc) is 2.60. The molecule has 3 rings (SSSR count). The number of nitro benzene ring substituents is 1. The lowest BCUT2D eigenvalue weighted by atomic mass is 9.97. The molecular formula is C17H13F2NO6S. The van der Waals surface area contributed by atoms with Crippen molar-refractivity contribution in [3.05, 3.63) is 68.6 Å². The Kier molecular flexibility index (Phi) is 5.08. The molecule has 2 aromatic rings. The molecule has 2 aromatic carbocycles. The fourth-order valence-corrected chi connectivity index (χ4v) is 3.73. The number of nitro groups is 1. The van der Waals surface area contributed by atoms with Crippen LogP contribution in [0.25, 0.3) is 6.08 Å². The highest BCUT2D eigenvalue weighted by molar-refractivity contribution is 7.91. The van der Waals surface area contributed by atoms with Gasteiger partial charge in [0.15, 0.2) is 0 Å². The van der Waals surface area contributed by atoms with Crippen molar-refractivity contribution in [2.24, 2.45) is 0 Å². The maximum Gasteiger partial charge on any atom is 0.387 e. The third kappa shape index (κ3) is 4.40. The normalized spacial score (nSPS) is 13.7. The molecule has 1 aliphatic rings. The lowest BCUT2D eigenvalue weighted by molar-refractivity contribution is -0.384. The van der Waals surface area contributed by atoms with E-state index in [0.29, 0.717) is 17.5 Å². The smallest absolute Gasteiger partial charge is 0.387 e. The summed E-state index contributed by atoms with van der Waals surface area (Å²) in [5.41, 5.74) is 0.920. The van der Waals surface area contributed by atoms with Gasteiger partial charge in [-0.1, -0.05) is 12.1 Å². The van der Waals surface area contributed by atoms with Gasteiger partial charge in [-0.2, -0.15) is 17.2 Å². The number of halogens is 2. The molecule has 7 nitrogen and oxygen atoms in total. The number of allylic oxidation sites excluding steroid dienone is 1. The van der Waals surface area contributed by atoms with Crippen molar-refractivity contribution in [1.82, 2.24) is 0 Å². The molecule has 27 heavy (non-hydrogen) atoms. The fourth-order valence-electron chi connectivity index (χ4n) is 2.65. The zero-order chi connectivity index (χ0) is 19.6. The lowest BCUT2D eigenvalue weighted by Gasteiger charge is -2.17. The lowest BCUT2D eigenvalue weighted by Crippen LogP contribution is -2.15. The molecular weight excluding hydrogens is 384 g/mol.